The Morgan fingerprint density at radius 1 is 1.33 bits per heavy atom. The Kier molecular flexibility index (Phi) is 5.72. The number of hydrogen-bond acceptors (Lipinski definition) is 7. The molecule has 1 aromatic carbocycles. The number of hydrogen-bond donors (Lipinski definition) is 0. The highest BCUT2D eigenvalue weighted by Gasteiger charge is 2.27. The molecular weight excluding hydrogens is 380 g/mol. The standard InChI is InChI=1S/C23H28N4O3/c1-5-7-15-12-17(29-4)13-19-20(15)23(28)30-22(25-19)18-8-6-10-24-21(18)27-11-9-16(14-27)26(2)3/h6,8,10,12-13,16H,5,7,9,11,14H2,1-4H3. The minimum atomic E-state index is -0.372. The van der Waals surface area contributed by atoms with E-state index in [4.69, 9.17) is 14.1 Å². The molecule has 2 aromatic heterocycles. The van der Waals surface area contributed by atoms with Gasteiger partial charge in [-0.25, -0.2) is 14.8 Å². The predicted octanol–water partition coefficient (Wildman–Crippen LogP) is 3.35. The molecule has 3 aromatic rings. The number of ether oxygens (including phenoxy) is 1. The molecule has 1 saturated heterocycles. The maximum Gasteiger partial charge on any atom is 0.347 e. The van der Waals surface area contributed by atoms with E-state index in [-0.39, 0.29) is 5.63 Å². The van der Waals surface area contributed by atoms with Crippen LogP contribution in [0, 0.1) is 0 Å². The first-order valence-electron chi connectivity index (χ1n) is 10.4. The van der Waals surface area contributed by atoms with Gasteiger partial charge >= 0.3 is 5.63 Å². The third-order valence-corrected chi connectivity index (χ3v) is 5.75. The fourth-order valence-electron chi connectivity index (χ4n) is 4.12. The van der Waals surface area contributed by atoms with Gasteiger partial charge in [-0.3, -0.25) is 0 Å². The third kappa shape index (κ3) is 3.77. The highest BCUT2D eigenvalue weighted by Crippen LogP contribution is 2.32. The van der Waals surface area contributed by atoms with Crippen LogP contribution >= 0.6 is 0 Å². The van der Waals surface area contributed by atoms with Crippen LogP contribution in [-0.2, 0) is 6.42 Å². The van der Waals surface area contributed by atoms with Crippen LogP contribution in [0.25, 0.3) is 22.4 Å². The molecule has 0 aliphatic carbocycles. The first-order valence-corrected chi connectivity index (χ1v) is 10.4. The summed E-state index contributed by atoms with van der Waals surface area (Å²) in [4.78, 5) is 26.7. The van der Waals surface area contributed by atoms with Crippen molar-refractivity contribution in [2.45, 2.75) is 32.2 Å². The molecule has 0 N–H and O–H groups in total. The second kappa shape index (κ2) is 8.44. The molecule has 0 saturated carbocycles. The van der Waals surface area contributed by atoms with Crippen LogP contribution in [0.5, 0.6) is 5.75 Å². The third-order valence-electron chi connectivity index (χ3n) is 5.75. The van der Waals surface area contributed by atoms with Crippen LogP contribution in [-0.4, -0.2) is 55.2 Å². The lowest BCUT2D eigenvalue weighted by atomic mass is 10.0. The van der Waals surface area contributed by atoms with Crippen LogP contribution < -0.4 is 15.3 Å². The summed E-state index contributed by atoms with van der Waals surface area (Å²) in [6, 6.07) is 7.92. The molecule has 0 spiro atoms. The highest BCUT2D eigenvalue weighted by molar-refractivity contribution is 5.84. The van der Waals surface area contributed by atoms with Gasteiger partial charge in [0, 0.05) is 31.4 Å². The number of pyridine rings is 1. The average molecular weight is 409 g/mol. The second-order valence-corrected chi connectivity index (χ2v) is 7.96. The SMILES string of the molecule is CCCc1cc(OC)cc2nc(-c3cccnc3N3CCC(N(C)C)C3)oc(=O)c12. The monoisotopic (exact) mass is 408 g/mol. The van der Waals surface area contributed by atoms with E-state index >= 15 is 0 Å². The van der Waals surface area contributed by atoms with E-state index in [0.717, 1.165) is 49.3 Å². The number of fused-ring (bicyclic) bond motifs is 1. The summed E-state index contributed by atoms with van der Waals surface area (Å²) in [5, 5.41) is 0.528. The van der Waals surface area contributed by atoms with Gasteiger partial charge in [-0.05, 0) is 50.7 Å². The van der Waals surface area contributed by atoms with Crippen molar-refractivity contribution in [2.75, 3.05) is 39.2 Å². The lowest BCUT2D eigenvalue weighted by Crippen LogP contribution is -2.31. The fraction of sp³-hybridized carbons (Fsp3) is 0.435. The van der Waals surface area contributed by atoms with Gasteiger partial charge in [-0.1, -0.05) is 13.3 Å². The normalized spacial score (nSPS) is 16.6. The predicted molar refractivity (Wildman–Crippen MR) is 118 cm³/mol. The van der Waals surface area contributed by atoms with Gasteiger partial charge in [-0.2, -0.15) is 0 Å². The lowest BCUT2D eigenvalue weighted by molar-refractivity contribution is 0.315. The quantitative estimate of drug-likeness (QED) is 0.619. The Balaban J connectivity index is 1.82. The molecule has 0 amide bonds. The van der Waals surface area contributed by atoms with Crippen molar-refractivity contribution in [3.8, 4) is 17.2 Å². The Hall–Kier alpha value is -2.93. The Morgan fingerprint density at radius 2 is 2.17 bits per heavy atom. The topological polar surface area (TPSA) is 71.7 Å². The number of anilines is 1. The van der Waals surface area contributed by atoms with Gasteiger partial charge in [0.2, 0.25) is 5.89 Å². The van der Waals surface area contributed by atoms with E-state index in [9.17, 15) is 4.79 Å². The highest BCUT2D eigenvalue weighted by atomic mass is 16.5. The summed E-state index contributed by atoms with van der Waals surface area (Å²) in [5.74, 6) is 1.78. The van der Waals surface area contributed by atoms with E-state index in [2.05, 4.69) is 35.8 Å². The number of likely N-dealkylation sites (N-methyl/N-ethyl adjacent to an activating group) is 1. The van der Waals surface area contributed by atoms with Crippen molar-refractivity contribution < 1.29 is 9.15 Å². The molecule has 4 rings (SSSR count). The van der Waals surface area contributed by atoms with Gasteiger partial charge in [0.1, 0.15) is 11.6 Å². The Labute approximate surface area is 176 Å². The Morgan fingerprint density at radius 3 is 2.87 bits per heavy atom. The van der Waals surface area contributed by atoms with Crippen LogP contribution in [0.1, 0.15) is 25.3 Å². The van der Waals surface area contributed by atoms with Crippen LogP contribution in [0.4, 0.5) is 5.82 Å². The molecule has 7 nitrogen and oxygen atoms in total. The van der Waals surface area contributed by atoms with Gasteiger partial charge in [0.05, 0.1) is 23.6 Å². The number of benzene rings is 1. The molecule has 0 radical (unpaired) electrons. The largest absolute Gasteiger partial charge is 0.497 e. The summed E-state index contributed by atoms with van der Waals surface area (Å²) in [5.41, 5.74) is 1.85. The van der Waals surface area contributed by atoms with Crippen LogP contribution in [0.3, 0.4) is 0 Å². The van der Waals surface area contributed by atoms with Crippen molar-refractivity contribution in [3.05, 3.63) is 46.4 Å². The van der Waals surface area contributed by atoms with Gasteiger partial charge in [0.25, 0.3) is 0 Å². The summed E-state index contributed by atoms with van der Waals surface area (Å²) in [6.45, 7) is 3.86. The van der Waals surface area contributed by atoms with Crippen molar-refractivity contribution >= 4 is 16.7 Å². The molecular formula is C23H28N4O3. The second-order valence-electron chi connectivity index (χ2n) is 7.96. The number of nitrogens with zero attached hydrogens (tertiary/aromatic N) is 4. The molecule has 1 aliphatic heterocycles. The van der Waals surface area contributed by atoms with E-state index in [1.165, 1.54) is 0 Å². The zero-order valence-corrected chi connectivity index (χ0v) is 18.0. The number of methoxy groups -OCH3 is 1. The molecule has 0 bridgehead atoms. The maximum atomic E-state index is 13.0. The summed E-state index contributed by atoms with van der Waals surface area (Å²) < 4.78 is 11.2. The molecule has 1 unspecified atom stereocenters. The summed E-state index contributed by atoms with van der Waals surface area (Å²) in [6.07, 6.45) is 4.51. The summed E-state index contributed by atoms with van der Waals surface area (Å²) in [7, 11) is 5.81. The van der Waals surface area contributed by atoms with Crippen molar-refractivity contribution in [1.29, 1.82) is 0 Å². The van der Waals surface area contributed by atoms with E-state index in [1.807, 2.05) is 18.2 Å². The Bertz CT molecular complexity index is 1110. The maximum absolute atomic E-state index is 13.0. The molecule has 1 atom stereocenters. The average Bonchev–Trinajstić information content (AvgIpc) is 3.24. The molecule has 1 fully saturated rings. The van der Waals surface area contributed by atoms with Crippen LogP contribution in [0.15, 0.2) is 39.7 Å². The number of rotatable bonds is 6. The van der Waals surface area contributed by atoms with Crippen molar-refractivity contribution in [3.63, 3.8) is 0 Å². The number of aromatic nitrogens is 2. The number of aryl methyl sites for hydroxylation is 1. The van der Waals surface area contributed by atoms with Gasteiger partial charge in [-0.15, -0.1) is 0 Å². The van der Waals surface area contributed by atoms with E-state index in [1.54, 1.807) is 19.4 Å². The summed E-state index contributed by atoms with van der Waals surface area (Å²) >= 11 is 0. The molecule has 7 heteroatoms. The van der Waals surface area contributed by atoms with E-state index < -0.39 is 0 Å². The van der Waals surface area contributed by atoms with Crippen LogP contribution in [0.2, 0.25) is 0 Å². The molecule has 158 valence electrons. The minimum absolute atomic E-state index is 0.291. The lowest BCUT2D eigenvalue weighted by Gasteiger charge is -2.22. The van der Waals surface area contributed by atoms with Crippen molar-refractivity contribution in [1.82, 2.24) is 14.9 Å². The molecule has 1 aliphatic rings. The van der Waals surface area contributed by atoms with E-state index in [0.29, 0.717) is 28.6 Å². The van der Waals surface area contributed by atoms with Gasteiger partial charge in [0.15, 0.2) is 0 Å². The zero-order chi connectivity index (χ0) is 21.3. The first-order chi connectivity index (χ1) is 14.5. The smallest absolute Gasteiger partial charge is 0.347 e. The van der Waals surface area contributed by atoms with Crippen molar-refractivity contribution in [2.24, 2.45) is 0 Å². The molecule has 3 heterocycles. The minimum Gasteiger partial charge on any atom is -0.497 e. The fourth-order valence-corrected chi connectivity index (χ4v) is 4.12. The molecule has 30 heavy (non-hydrogen) atoms. The first kappa shape index (κ1) is 20.3. The zero-order valence-electron chi connectivity index (χ0n) is 18.0. The van der Waals surface area contributed by atoms with Gasteiger partial charge < -0.3 is 19.0 Å².